The molecule has 0 saturated carbocycles. The Balaban J connectivity index is -0.00000180. The Morgan fingerprint density at radius 1 is 0.524 bits per heavy atom. The van der Waals surface area contributed by atoms with E-state index >= 15 is 0 Å². The number of hydrogen-bond donors (Lipinski definition) is 0. The molecule has 0 bridgehead atoms. The summed E-state index contributed by atoms with van der Waals surface area (Å²) in [6.45, 7) is 3.63. The van der Waals surface area contributed by atoms with Gasteiger partial charge in [0.1, 0.15) is 0 Å². The molecule has 0 saturated heterocycles. The Bertz CT molecular complexity index is 192. The van der Waals surface area contributed by atoms with Crippen molar-refractivity contribution in [3.05, 3.63) is 0 Å². The molecule has 0 spiro atoms. The van der Waals surface area contributed by atoms with Crippen molar-refractivity contribution in [1.82, 2.24) is 0 Å². The Morgan fingerprint density at radius 2 is 0.810 bits per heavy atom. The molecule has 0 amide bonds. The van der Waals surface area contributed by atoms with Crippen LogP contribution < -0.4 is 0 Å². The van der Waals surface area contributed by atoms with Crippen molar-refractivity contribution in [3.63, 3.8) is 0 Å². The molecule has 0 N–H and O–H groups in total. The fraction of sp³-hybridized carbons (Fsp3) is 1.00. The molecule has 0 aliphatic carbocycles. The first kappa shape index (κ1) is 23.3. The monoisotopic (exact) mass is 296 g/mol. The molecule has 0 aromatic heterocycles. The van der Waals surface area contributed by atoms with Crippen molar-refractivity contribution in [2.24, 2.45) is 0 Å². The quantitative estimate of drug-likeness (QED) is 0.200. The molecule has 0 aliphatic rings. The molecule has 0 aliphatic heterocycles. The Morgan fingerprint density at radius 3 is 1.10 bits per heavy atom. The zero-order valence-corrected chi connectivity index (χ0v) is 15.6. The molecule has 0 heterocycles. The van der Waals surface area contributed by atoms with Crippen LogP contribution >= 0.6 is 0 Å². The number of quaternary nitrogens is 1. The lowest BCUT2D eigenvalue weighted by Gasteiger charge is -2.23. The lowest BCUT2D eigenvalue weighted by atomic mass is 10.0. The highest BCUT2D eigenvalue weighted by molar-refractivity contribution is 5.75. The van der Waals surface area contributed by atoms with Gasteiger partial charge in [-0.2, -0.15) is 0 Å². The summed E-state index contributed by atoms with van der Waals surface area (Å²) in [5.74, 6) is 0. The van der Waals surface area contributed by atoms with Gasteiger partial charge in [-0.3, -0.25) is 0 Å². The molecule has 0 fully saturated rings. The minimum Gasteiger partial charge on any atom is -1.00 e. The topological polar surface area (TPSA) is 0 Å². The molecular weight excluding hydrogens is 253 g/mol. The number of unbranched alkanes of at least 4 members (excludes halogenated alkanes) is 13. The lowest BCUT2D eigenvalue weighted by molar-refractivity contribution is -0.870. The summed E-state index contributed by atoms with van der Waals surface area (Å²) in [6, 6.07) is 0. The molecule has 0 atom stereocenters. The van der Waals surface area contributed by atoms with Crippen molar-refractivity contribution in [2.75, 3.05) is 27.7 Å². The van der Waals surface area contributed by atoms with E-state index in [-0.39, 0.29) is 9.84 Å². The van der Waals surface area contributed by atoms with Crippen molar-refractivity contribution >= 4 is 8.41 Å². The second-order valence-corrected chi connectivity index (χ2v) is 7.61. The summed E-state index contributed by atoms with van der Waals surface area (Å²) >= 11 is 0. The maximum absolute atomic E-state index is 2.29. The van der Waals surface area contributed by atoms with Crippen LogP contribution in [0.3, 0.4) is 0 Å². The zero-order valence-electron chi connectivity index (χ0n) is 16.6. The van der Waals surface area contributed by atoms with Gasteiger partial charge in [0.05, 0.1) is 27.7 Å². The van der Waals surface area contributed by atoms with E-state index in [1.165, 1.54) is 96.4 Å². The number of hydrogen-bond acceptors (Lipinski definition) is 0. The molecule has 0 unspecified atom stereocenters. The molecule has 0 aromatic carbocycles. The lowest BCUT2D eigenvalue weighted by Crippen LogP contribution is -2.35. The highest BCUT2D eigenvalue weighted by atomic mass is 15.3. The van der Waals surface area contributed by atoms with Gasteiger partial charge in [0, 0.05) is 8.41 Å². The van der Waals surface area contributed by atoms with Crippen LogP contribution in [0.15, 0.2) is 0 Å². The van der Waals surface area contributed by atoms with Gasteiger partial charge in [0.2, 0.25) is 0 Å². The molecule has 2 heteroatoms. The van der Waals surface area contributed by atoms with Gasteiger partial charge in [0.25, 0.3) is 0 Å². The normalized spacial score (nSPS) is 11.4. The van der Waals surface area contributed by atoms with E-state index in [1.807, 2.05) is 0 Å². The van der Waals surface area contributed by atoms with Gasteiger partial charge < -0.3 is 5.91 Å². The predicted molar refractivity (Wildman–Crippen MR) is 100 cm³/mol. The van der Waals surface area contributed by atoms with Crippen molar-refractivity contribution < 1.29 is 5.91 Å². The summed E-state index contributed by atoms with van der Waals surface area (Å²) in [6.07, 6.45) is 20.4. The summed E-state index contributed by atoms with van der Waals surface area (Å²) in [5, 5.41) is 0. The fourth-order valence-electron chi connectivity index (χ4n) is 2.78. The number of nitrogens with zero attached hydrogens (tertiary/aromatic N) is 1. The molecule has 1 nitrogen and oxygen atoms in total. The minimum atomic E-state index is 0. The third kappa shape index (κ3) is 22.4. The first-order valence-corrected chi connectivity index (χ1v) is 9.36. The Kier molecular flexibility index (Phi) is 18.2. The van der Waals surface area contributed by atoms with E-state index in [1.54, 1.807) is 0 Å². The average Bonchev–Trinajstić information content (AvgIpc) is 2.38. The van der Waals surface area contributed by atoms with Crippen LogP contribution in [0.4, 0.5) is 0 Å². The molecule has 0 aromatic rings. The first-order chi connectivity index (χ1) is 9.56. The third-order valence-electron chi connectivity index (χ3n) is 4.18. The average molecular weight is 296 g/mol. The molecule has 21 heavy (non-hydrogen) atoms. The first-order valence-electron chi connectivity index (χ1n) is 9.36. The van der Waals surface area contributed by atoms with Gasteiger partial charge >= 0.3 is 0 Å². The molecule has 127 valence electrons. The number of rotatable bonds is 15. The van der Waals surface area contributed by atoms with Crippen LogP contribution in [0.25, 0.3) is 0 Å². The van der Waals surface area contributed by atoms with Crippen molar-refractivity contribution in [2.45, 2.75) is 96.8 Å². The predicted octanol–water partition coefficient (Wildman–Crippen LogP) is 5.91. The maximum Gasteiger partial charge on any atom is 0.0780 e. The van der Waals surface area contributed by atoms with E-state index in [9.17, 15) is 0 Å². The van der Waals surface area contributed by atoms with E-state index < -0.39 is 0 Å². The SMILES string of the molecule is CCCCCCCCCCCCCCCC[N+](C)(C)C.[B].[H-]. The Labute approximate surface area is 139 Å². The van der Waals surface area contributed by atoms with Crippen LogP contribution in [-0.2, 0) is 0 Å². The second-order valence-electron chi connectivity index (χ2n) is 7.61. The van der Waals surface area contributed by atoms with Gasteiger partial charge in [-0.15, -0.1) is 0 Å². The maximum atomic E-state index is 2.29. The fourth-order valence-corrected chi connectivity index (χ4v) is 2.78. The van der Waals surface area contributed by atoms with E-state index in [4.69, 9.17) is 0 Å². The molecule has 3 radical (unpaired) electrons. The second kappa shape index (κ2) is 16.4. The van der Waals surface area contributed by atoms with Gasteiger partial charge in [-0.25, -0.2) is 0 Å². The summed E-state index contributed by atoms with van der Waals surface area (Å²) in [5.41, 5.74) is 0. The Hall–Kier alpha value is 0.0249. The van der Waals surface area contributed by atoms with Gasteiger partial charge in [-0.1, -0.05) is 84.0 Å². The third-order valence-corrected chi connectivity index (χ3v) is 4.18. The van der Waals surface area contributed by atoms with Gasteiger partial charge in [0.15, 0.2) is 0 Å². The van der Waals surface area contributed by atoms with E-state index in [0.29, 0.717) is 0 Å². The van der Waals surface area contributed by atoms with Crippen LogP contribution in [-0.4, -0.2) is 40.6 Å². The van der Waals surface area contributed by atoms with Crippen LogP contribution in [0.1, 0.15) is 98.2 Å². The summed E-state index contributed by atoms with van der Waals surface area (Å²) in [7, 11) is 6.88. The smallest absolute Gasteiger partial charge is 0.0780 e. The van der Waals surface area contributed by atoms with Crippen LogP contribution in [0.2, 0.25) is 0 Å². The van der Waals surface area contributed by atoms with Crippen LogP contribution in [0.5, 0.6) is 0 Å². The van der Waals surface area contributed by atoms with E-state index in [0.717, 1.165) is 4.48 Å². The highest BCUT2D eigenvalue weighted by Crippen LogP contribution is 2.13. The standard InChI is InChI=1S/C19H42N.B.H/c1-5-6-7-8-9-10-11-12-13-14-15-16-17-18-19-20(2,3)4;;/h5-19H2,1-4H3;;/q+1;;-1. The molecule has 0 rings (SSSR count). The highest BCUT2D eigenvalue weighted by Gasteiger charge is 2.04. The van der Waals surface area contributed by atoms with E-state index in [2.05, 4.69) is 28.1 Å². The minimum absolute atomic E-state index is 0. The van der Waals surface area contributed by atoms with Crippen LogP contribution in [0, 0.1) is 0 Å². The molecular formula is C19H43BN. The van der Waals surface area contributed by atoms with Crippen molar-refractivity contribution in [1.29, 1.82) is 0 Å². The van der Waals surface area contributed by atoms with Gasteiger partial charge in [-0.05, 0) is 12.8 Å². The largest absolute Gasteiger partial charge is 1.00 e. The zero-order chi connectivity index (χ0) is 15.1. The van der Waals surface area contributed by atoms with Crippen molar-refractivity contribution in [3.8, 4) is 0 Å². The summed E-state index contributed by atoms with van der Waals surface area (Å²) in [4.78, 5) is 0. The summed E-state index contributed by atoms with van der Waals surface area (Å²) < 4.78 is 1.12.